The van der Waals surface area contributed by atoms with Crippen molar-refractivity contribution in [3.63, 3.8) is 0 Å². The van der Waals surface area contributed by atoms with Crippen LogP contribution >= 0.6 is 0 Å². The largest absolute Gasteiger partial charge is 0.510 e. The Labute approximate surface area is 152 Å². The summed E-state index contributed by atoms with van der Waals surface area (Å²) in [6, 6.07) is 1.16. The molecule has 1 aliphatic heterocycles. The van der Waals surface area contributed by atoms with Gasteiger partial charge in [-0.05, 0) is 27.7 Å². The summed E-state index contributed by atoms with van der Waals surface area (Å²) < 4.78 is 48.0. The van der Waals surface area contributed by atoms with Crippen LogP contribution in [0.4, 0.5) is 23.7 Å². The van der Waals surface area contributed by atoms with Gasteiger partial charge in [0.05, 0.1) is 23.2 Å². The fourth-order valence-corrected chi connectivity index (χ4v) is 2.96. The van der Waals surface area contributed by atoms with Crippen molar-refractivity contribution in [3.05, 3.63) is 18.0 Å². The van der Waals surface area contributed by atoms with E-state index < -0.39 is 36.9 Å². The van der Waals surface area contributed by atoms with E-state index >= 15 is 0 Å². The van der Waals surface area contributed by atoms with Gasteiger partial charge in [-0.1, -0.05) is 0 Å². The summed E-state index contributed by atoms with van der Waals surface area (Å²) in [6.45, 7) is 5.06. The van der Waals surface area contributed by atoms with Gasteiger partial charge in [-0.2, -0.15) is 18.3 Å². The molecule has 2 aromatic heterocycles. The minimum absolute atomic E-state index is 0.00152. The number of carbonyl (C=O) groups is 1. The van der Waals surface area contributed by atoms with Crippen LogP contribution in [0, 0.1) is 0 Å². The summed E-state index contributed by atoms with van der Waals surface area (Å²) in [5.74, 6) is 0. The number of ether oxygens (including phenoxy) is 1. The number of aromatic nitrogens is 3. The van der Waals surface area contributed by atoms with Gasteiger partial charge in [0.2, 0.25) is 0 Å². The molecule has 0 radical (unpaired) electrons. The zero-order chi connectivity index (χ0) is 20.4. The molecule has 3 heterocycles. The average Bonchev–Trinajstić information content (AvgIpc) is 3.04. The maximum absolute atomic E-state index is 14.0. The van der Waals surface area contributed by atoms with E-state index in [2.05, 4.69) is 10.1 Å². The summed E-state index contributed by atoms with van der Waals surface area (Å²) in [5.41, 5.74) is -4.03. The van der Waals surface area contributed by atoms with Gasteiger partial charge in [0.15, 0.2) is 5.65 Å². The van der Waals surface area contributed by atoms with Crippen LogP contribution in [-0.2, 0) is 10.2 Å². The average molecular weight is 386 g/mol. The Morgan fingerprint density at radius 3 is 2.48 bits per heavy atom. The van der Waals surface area contributed by atoms with Crippen LogP contribution < -0.4 is 10.5 Å². The molecule has 0 fully saturated rings. The first-order valence-corrected chi connectivity index (χ1v) is 8.07. The summed E-state index contributed by atoms with van der Waals surface area (Å²) in [6.07, 6.45) is -4.52. The summed E-state index contributed by atoms with van der Waals surface area (Å²) >= 11 is 0. The molecule has 8 nitrogen and oxygen atoms in total. The number of rotatable bonds is 1. The van der Waals surface area contributed by atoms with E-state index in [0.717, 1.165) is 28.6 Å². The lowest BCUT2D eigenvalue weighted by molar-refractivity contribution is -0.181. The maximum Gasteiger partial charge on any atom is 0.510 e. The molecule has 2 aromatic rings. The summed E-state index contributed by atoms with van der Waals surface area (Å²) in [4.78, 5) is 17.4. The number of amides is 1. The van der Waals surface area contributed by atoms with Gasteiger partial charge in [0, 0.05) is 12.6 Å². The predicted molar refractivity (Wildman–Crippen MR) is 89.8 cm³/mol. The fraction of sp³-hybridized carbons (Fsp3) is 0.533. The first-order chi connectivity index (χ1) is 12.2. The van der Waals surface area contributed by atoms with Crippen LogP contribution in [0.2, 0.25) is 0 Å². The summed E-state index contributed by atoms with van der Waals surface area (Å²) in [7, 11) is -1.97. The van der Waals surface area contributed by atoms with Gasteiger partial charge in [-0.25, -0.2) is 14.3 Å². The van der Waals surface area contributed by atoms with Crippen molar-refractivity contribution in [2.45, 2.75) is 44.9 Å². The number of hydrogen-bond donors (Lipinski definition) is 2. The molecule has 0 aliphatic carbocycles. The van der Waals surface area contributed by atoms with E-state index in [-0.39, 0.29) is 22.6 Å². The number of hydrogen-bond acceptors (Lipinski definition) is 6. The lowest BCUT2D eigenvalue weighted by Crippen LogP contribution is -2.46. The molecule has 1 amide bonds. The molecule has 0 saturated carbocycles. The molecule has 1 unspecified atom stereocenters. The number of alkyl halides is 3. The second-order valence-electron chi connectivity index (χ2n) is 7.60. The van der Waals surface area contributed by atoms with E-state index in [4.69, 9.17) is 4.74 Å². The monoisotopic (exact) mass is 386 g/mol. The smallest absolute Gasteiger partial charge is 0.443 e. The molecule has 2 N–H and O–H groups in total. The van der Waals surface area contributed by atoms with Crippen molar-refractivity contribution < 1.29 is 32.8 Å². The van der Waals surface area contributed by atoms with Gasteiger partial charge >= 0.3 is 19.4 Å². The van der Waals surface area contributed by atoms with Crippen LogP contribution in [0.15, 0.2) is 12.3 Å². The lowest BCUT2D eigenvalue weighted by atomic mass is 9.87. The topological polar surface area (TPSA) is 100 Å². The van der Waals surface area contributed by atoms with E-state index in [0.29, 0.717) is 0 Å². The van der Waals surface area contributed by atoms with Crippen molar-refractivity contribution in [3.8, 4) is 0 Å². The highest BCUT2D eigenvalue weighted by atomic mass is 19.4. The molecule has 146 valence electrons. The molecular formula is C15H18BF3N4O4. The normalized spacial score (nSPS) is 20.1. The van der Waals surface area contributed by atoms with E-state index in [9.17, 15) is 28.0 Å². The van der Waals surface area contributed by atoms with Crippen molar-refractivity contribution in [2.24, 2.45) is 0 Å². The van der Waals surface area contributed by atoms with Gasteiger partial charge < -0.3 is 14.8 Å². The van der Waals surface area contributed by atoms with Gasteiger partial charge in [-0.15, -0.1) is 0 Å². The first kappa shape index (κ1) is 19.4. The molecule has 0 bridgehead atoms. The second-order valence-corrected chi connectivity index (χ2v) is 7.60. The molecule has 3 rings (SSSR count). The Morgan fingerprint density at radius 2 is 1.96 bits per heavy atom. The SMILES string of the molecule is CC(C)(C)OC(=O)N1CC(C)(C(F)(F)F)c2c1cnc1cc(B(O)O)nn21. The van der Waals surface area contributed by atoms with Gasteiger partial charge in [0.1, 0.15) is 11.0 Å². The fourth-order valence-electron chi connectivity index (χ4n) is 2.96. The Hall–Kier alpha value is -2.34. The lowest BCUT2D eigenvalue weighted by Gasteiger charge is -2.29. The van der Waals surface area contributed by atoms with Gasteiger partial charge in [-0.3, -0.25) is 4.90 Å². The molecular weight excluding hydrogens is 368 g/mol. The zero-order valence-corrected chi connectivity index (χ0v) is 15.1. The maximum atomic E-state index is 14.0. The third-order valence-electron chi connectivity index (χ3n) is 4.27. The molecule has 1 atom stereocenters. The van der Waals surface area contributed by atoms with Crippen LogP contribution in [0.25, 0.3) is 5.65 Å². The van der Waals surface area contributed by atoms with Crippen LogP contribution in [0.5, 0.6) is 0 Å². The Bertz CT molecular complexity index is 909. The third kappa shape index (κ3) is 3.12. The van der Waals surface area contributed by atoms with Crippen molar-refractivity contribution in [2.75, 3.05) is 11.4 Å². The highest BCUT2D eigenvalue weighted by Crippen LogP contribution is 2.49. The molecule has 0 spiro atoms. The highest BCUT2D eigenvalue weighted by Gasteiger charge is 2.61. The Morgan fingerprint density at radius 1 is 1.33 bits per heavy atom. The van der Waals surface area contributed by atoms with Crippen LogP contribution in [0.3, 0.4) is 0 Å². The standard InChI is InChI=1S/C15H18BF3N4O4/c1-13(2,3)27-12(24)22-7-14(4,15(17,18)19)11-8(22)6-20-10-5-9(16(25)26)21-23(10)11/h5-6,25-26H,7H2,1-4H3. The molecule has 0 aromatic carbocycles. The Balaban J connectivity index is 2.22. The summed E-state index contributed by atoms with van der Waals surface area (Å²) in [5, 5.41) is 22.4. The van der Waals surface area contributed by atoms with E-state index in [1.807, 2.05) is 0 Å². The van der Waals surface area contributed by atoms with Crippen molar-refractivity contribution in [1.29, 1.82) is 0 Å². The zero-order valence-electron chi connectivity index (χ0n) is 15.1. The molecule has 27 heavy (non-hydrogen) atoms. The first-order valence-electron chi connectivity index (χ1n) is 8.07. The van der Waals surface area contributed by atoms with Crippen molar-refractivity contribution >= 4 is 30.1 Å². The van der Waals surface area contributed by atoms with Crippen molar-refractivity contribution in [1.82, 2.24) is 14.6 Å². The van der Waals surface area contributed by atoms with Crippen LogP contribution in [0.1, 0.15) is 33.4 Å². The number of halogens is 3. The molecule has 1 aliphatic rings. The van der Waals surface area contributed by atoms with Gasteiger partial charge in [0.25, 0.3) is 0 Å². The molecule has 0 saturated heterocycles. The Kier molecular flexibility index (Phi) is 4.19. The third-order valence-corrected chi connectivity index (χ3v) is 4.27. The minimum atomic E-state index is -4.71. The van der Waals surface area contributed by atoms with E-state index in [1.54, 1.807) is 20.8 Å². The molecule has 12 heteroatoms. The van der Waals surface area contributed by atoms with Crippen LogP contribution in [-0.4, -0.2) is 56.2 Å². The second kappa shape index (κ2) is 5.83. The van der Waals surface area contributed by atoms with E-state index in [1.165, 1.54) is 0 Å². The number of anilines is 1. The minimum Gasteiger partial charge on any atom is -0.443 e. The number of nitrogens with zero attached hydrogens (tertiary/aromatic N) is 4. The highest BCUT2D eigenvalue weighted by molar-refractivity contribution is 6.57. The number of carbonyl (C=O) groups excluding carboxylic acids is 1. The number of fused-ring (bicyclic) bond motifs is 3. The predicted octanol–water partition coefficient (Wildman–Crippen LogP) is 0.984. The quantitative estimate of drug-likeness (QED) is 0.709.